The van der Waals surface area contributed by atoms with Crippen LogP contribution in [0.2, 0.25) is 0 Å². The summed E-state index contributed by atoms with van der Waals surface area (Å²) in [7, 11) is -4.61. The van der Waals surface area contributed by atoms with Crippen molar-refractivity contribution in [3.05, 3.63) is 0 Å². The third-order valence-corrected chi connectivity index (χ3v) is 3.13. The summed E-state index contributed by atoms with van der Waals surface area (Å²) in [6.07, 6.45) is 12.9. The van der Waals surface area contributed by atoms with Gasteiger partial charge in [-0.3, -0.25) is 0 Å². The summed E-state index contributed by atoms with van der Waals surface area (Å²) in [5.74, 6) is 0. The molecule has 0 saturated carbocycles. The maximum absolute atomic E-state index is 10.7. The van der Waals surface area contributed by atoms with Crippen LogP contribution >= 0.6 is 0 Å². The van der Waals surface area contributed by atoms with E-state index in [1.54, 1.807) is 0 Å². The van der Waals surface area contributed by atoms with Crippen molar-refractivity contribution in [2.24, 2.45) is 0 Å². The van der Waals surface area contributed by atoms with E-state index in [0.29, 0.717) is 3.03 Å². The first-order chi connectivity index (χ1) is 8.77. The molecule has 0 aromatic heterocycles. The van der Waals surface area contributed by atoms with Crippen molar-refractivity contribution < 1.29 is 24.0 Å². The van der Waals surface area contributed by atoms with Gasteiger partial charge in [0.1, 0.15) is 0 Å². The normalized spacial score (nSPS) is 10.9. The second-order valence-electron chi connectivity index (χ2n) is 4.88. The standard InChI is InChI=1S/C12H23O.Na.H4O4Si/c1-2-3-4-5-6-7-8-9-10-11-12-13;;1-5(2,3)4/h2-11H2,1H3;;1-4H. The molecule has 0 fully saturated rings. The average molecular weight is 302 g/mol. The monoisotopic (exact) mass is 302 g/mol. The predicted octanol–water partition coefficient (Wildman–Crippen LogP) is 0.994. The van der Waals surface area contributed by atoms with Crippen molar-refractivity contribution in [1.29, 1.82) is 0 Å². The Balaban J connectivity index is 0. The van der Waals surface area contributed by atoms with Crippen molar-refractivity contribution in [3.63, 3.8) is 0 Å². The first-order valence-electron chi connectivity index (χ1n) is 7.16. The quantitative estimate of drug-likeness (QED) is 0.356. The average Bonchev–Trinajstić information content (AvgIpc) is 2.24. The fourth-order valence-corrected chi connectivity index (χ4v) is 2.04. The molecule has 0 heterocycles. The van der Waals surface area contributed by atoms with Crippen LogP contribution in [0.4, 0.5) is 0 Å². The van der Waals surface area contributed by atoms with Gasteiger partial charge in [-0.2, -0.15) is 0 Å². The van der Waals surface area contributed by atoms with Crippen LogP contribution in [0.25, 0.3) is 0 Å². The van der Waals surface area contributed by atoms with Crippen LogP contribution in [0.1, 0.15) is 71.1 Å². The van der Waals surface area contributed by atoms with E-state index in [1.165, 1.54) is 51.4 Å². The molecule has 0 rings (SSSR count). The minimum absolute atomic E-state index is 0.480. The van der Waals surface area contributed by atoms with Gasteiger partial charge in [-0.1, -0.05) is 0 Å². The maximum atomic E-state index is 10.7. The van der Waals surface area contributed by atoms with E-state index in [4.69, 9.17) is 19.2 Å². The van der Waals surface area contributed by atoms with Gasteiger partial charge in [0, 0.05) is 0 Å². The van der Waals surface area contributed by atoms with Crippen LogP contribution in [0, 0.1) is 0 Å². The van der Waals surface area contributed by atoms with Crippen LogP contribution in [0.15, 0.2) is 0 Å². The number of hydrogen-bond donors (Lipinski definition) is 4. The van der Waals surface area contributed by atoms with Gasteiger partial charge in [-0.25, -0.2) is 0 Å². The Morgan fingerprint density at radius 1 is 0.842 bits per heavy atom. The Morgan fingerprint density at radius 2 is 1.16 bits per heavy atom. The van der Waals surface area contributed by atoms with E-state index < -0.39 is 9.05 Å². The van der Waals surface area contributed by atoms with Crippen molar-refractivity contribution in [1.82, 2.24) is 0 Å². The Kier molecular flexibility index (Phi) is 17.5. The molecule has 5 nitrogen and oxygen atoms in total. The third-order valence-electron chi connectivity index (χ3n) is 2.63. The van der Waals surface area contributed by atoms with E-state index in [2.05, 4.69) is 6.92 Å². The zero-order chi connectivity index (χ0) is 15.1. The van der Waals surface area contributed by atoms with Crippen LogP contribution in [0.5, 0.6) is 0 Å². The van der Waals surface area contributed by atoms with Crippen molar-refractivity contribution in [2.45, 2.75) is 71.1 Å². The molecular formula is C12H27NaO5Si. The molecular weight excluding hydrogens is 275 g/mol. The molecule has 0 aliphatic carbocycles. The number of unbranched alkanes of at least 4 members (excludes halogenated alkanes) is 8. The summed E-state index contributed by atoms with van der Waals surface area (Å²) in [5, 5.41) is 0. The molecule has 19 heavy (non-hydrogen) atoms. The molecule has 0 aromatic carbocycles. The molecule has 0 atom stereocenters. The van der Waals surface area contributed by atoms with Gasteiger partial charge >= 0.3 is 116 Å². The summed E-state index contributed by atoms with van der Waals surface area (Å²) in [6.45, 7) is 2.26. The molecule has 110 valence electrons. The first kappa shape index (κ1) is 22.0. The van der Waals surface area contributed by atoms with Crippen LogP contribution in [-0.2, 0) is 4.79 Å². The first-order valence-corrected chi connectivity index (χ1v) is 9.95. The molecule has 0 aliphatic heterocycles. The minimum atomic E-state index is -4.61. The SMILES string of the molecule is CCCCCCCCCCC[C](=O)[Na].O[Si](O)(O)O. The van der Waals surface area contributed by atoms with Gasteiger partial charge in [-0.05, 0) is 0 Å². The maximum Gasteiger partial charge on any atom is 0.668 e. The molecule has 0 spiro atoms. The minimum Gasteiger partial charge on any atom is -0.368 e. The predicted molar refractivity (Wildman–Crippen MR) is 77.2 cm³/mol. The van der Waals surface area contributed by atoms with E-state index in [9.17, 15) is 4.79 Å². The molecule has 0 aromatic rings. The van der Waals surface area contributed by atoms with Gasteiger partial charge in [0.2, 0.25) is 0 Å². The van der Waals surface area contributed by atoms with E-state index >= 15 is 0 Å². The smallest absolute Gasteiger partial charge is 0.368 e. The summed E-state index contributed by atoms with van der Waals surface area (Å²) in [5.41, 5.74) is 0. The largest absolute Gasteiger partial charge is 0.668 e. The zero-order valence-electron chi connectivity index (χ0n) is 12.3. The molecule has 4 N–H and O–H groups in total. The molecule has 0 unspecified atom stereocenters. The Morgan fingerprint density at radius 3 is 1.47 bits per heavy atom. The van der Waals surface area contributed by atoms with Crippen molar-refractivity contribution >= 4 is 40.0 Å². The molecule has 0 radical (unpaired) electrons. The second kappa shape index (κ2) is 15.1. The Bertz CT molecular complexity index is 203. The second-order valence-corrected chi connectivity index (χ2v) is 7.20. The van der Waals surface area contributed by atoms with Gasteiger partial charge in [-0.15, -0.1) is 0 Å². The molecule has 0 saturated heterocycles. The van der Waals surface area contributed by atoms with Gasteiger partial charge < -0.3 is 19.2 Å². The van der Waals surface area contributed by atoms with E-state index in [1.807, 2.05) is 0 Å². The van der Waals surface area contributed by atoms with E-state index in [-0.39, 0.29) is 0 Å². The molecule has 0 bridgehead atoms. The van der Waals surface area contributed by atoms with Gasteiger partial charge in [0.25, 0.3) is 0 Å². The van der Waals surface area contributed by atoms with Gasteiger partial charge in [0.15, 0.2) is 0 Å². The number of carbonyl (C=O) groups excluding carboxylic acids is 1. The number of carbonyl (C=O) groups is 1. The van der Waals surface area contributed by atoms with Crippen molar-refractivity contribution in [3.8, 4) is 0 Å². The summed E-state index contributed by atoms with van der Waals surface area (Å²) < 4.78 is 0.480. The zero-order valence-corrected chi connectivity index (χ0v) is 15.3. The Hall–Kier alpha value is 0.727. The summed E-state index contributed by atoms with van der Waals surface area (Å²) >= 11 is 0.751. The fourth-order valence-electron chi connectivity index (χ4n) is 1.68. The van der Waals surface area contributed by atoms with Gasteiger partial charge in [0.05, 0.1) is 0 Å². The topological polar surface area (TPSA) is 98.0 Å². The number of hydrogen-bond acceptors (Lipinski definition) is 5. The van der Waals surface area contributed by atoms with Crippen molar-refractivity contribution in [2.75, 3.05) is 0 Å². The fraction of sp³-hybridized carbons (Fsp3) is 0.917. The van der Waals surface area contributed by atoms with E-state index in [0.717, 1.165) is 40.8 Å². The van der Waals surface area contributed by atoms with Crippen LogP contribution in [-0.4, -0.2) is 59.2 Å². The molecule has 7 heteroatoms. The molecule has 0 aliphatic rings. The van der Waals surface area contributed by atoms with Crippen LogP contribution < -0.4 is 0 Å². The van der Waals surface area contributed by atoms with Crippen LogP contribution in [0.3, 0.4) is 0 Å². The third kappa shape index (κ3) is 38.1. The summed E-state index contributed by atoms with van der Waals surface area (Å²) in [4.78, 5) is 40.0. The Labute approximate surface area is 135 Å². The summed E-state index contributed by atoms with van der Waals surface area (Å²) in [6, 6.07) is 0. The number of rotatable bonds is 10. The molecule has 0 amide bonds.